The van der Waals surface area contributed by atoms with Crippen LogP contribution in [0.25, 0.3) is 16.9 Å². The molecule has 3 aromatic carbocycles. The number of rotatable bonds is 8. The van der Waals surface area contributed by atoms with Crippen molar-refractivity contribution in [3.63, 3.8) is 0 Å². The van der Waals surface area contributed by atoms with Crippen molar-refractivity contribution in [2.24, 2.45) is 0 Å². The highest BCUT2D eigenvalue weighted by Gasteiger charge is 2.21. The van der Waals surface area contributed by atoms with Gasteiger partial charge in [-0.2, -0.15) is 5.10 Å². The molecule has 7 heteroatoms. The minimum atomic E-state index is -0.243. The quantitative estimate of drug-likeness (QED) is 0.434. The highest BCUT2D eigenvalue weighted by atomic mass is 16.5. The number of methoxy groups -OCH3 is 3. The number of para-hydroxylation sites is 2. The zero-order chi connectivity index (χ0) is 23.2. The van der Waals surface area contributed by atoms with Crippen molar-refractivity contribution >= 4 is 5.91 Å². The molecule has 0 aliphatic carbocycles. The number of nitrogens with zero attached hydrogens (tertiary/aromatic N) is 2. The molecular weight excluding hydrogens is 418 g/mol. The molecule has 0 spiro atoms. The number of hydrogen-bond donors (Lipinski definition) is 1. The zero-order valence-electron chi connectivity index (χ0n) is 18.7. The summed E-state index contributed by atoms with van der Waals surface area (Å²) in [6.45, 7) is 0.321. The van der Waals surface area contributed by atoms with Gasteiger partial charge in [0.05, 0.1) is 32.6 Å². The van der Waals surface area contributed by atoms with Gasteiger partial charge in [-0.15, -0.1) is 0 Å². The van der Waals surface area contributed by atoms with Crippen LogP contribution in [0.4, 0.5) is 0 Å². The summed E-state index contributed by atoms with van der Waals surface area (Å²) in [7, 11) is 4.77. The van der Waals surface area contributed by atoms with Crippen LogP contribution in [0.15, 0.2) is 79.0 Å². The lowest BCUT2D eigenvalue weighted by Crippen LogP contribution is -2.23. The fourth-order valence-electron chi connectivity index (χ4n) is 3.56. The maximum Gasteiger partial charge on any atom is 0.255 e. The van der Waals surface area contributed by atoms with Crippen molar-refractivity contribution in [1.82, 2.24) is 15.1 Å². The first-order chi connectivity index (χ1) is 16.1. The first kappa shape index (κ1) is 22.0. The van der Waals surface area contributed by atoms with E-state index in [4.69, 9.17) is 19.3 Å². The molecule has 0 saturated heterocycles. The maximum atomic E-state index is 13.3. The summed E-state index contributed by atoms with van der Waals surface area (Å²) in [5.41, 5.74) is 3.47. The molecule has 168 valence electrons. The molecule has 0 aliphatic rings. The van der Waals surface area contributed by atoms with Crippen LogP contribution in [0.1, 0.15) is 15.9 Å². The van der Waals surface area contributed by atoms with Crippen LogP contribution in [0.2, 0.25) is 0 Å². The average Bonchev–Trinajstić information content (AvgIpc) is 3.33. The molecule has 0 bridgehead atoms. The minimum absolute atomic E-state index is 0.243. The average molecular weight is 444 g/mol. The molecule has 0 aliphatic heterocycles. The fraction of sp³-hybridized carbons (Fsp3) is 0.154. The smallest absolute Gasteiger partial charge is 0.255 e. The highest BCUT2D eigenvalue weighted by Crippen LogP contribution is 2.32. The Morgan fingerprint density at radius 1 is 0.848 bits per heavy atom. The molecule has 0 atom stereocenters. The Bertz CT molecular complexity index is 1250. The first-order valence-corrected chi connectivity index (χ1v) is 10.4. The number of ether oxygens (including phenoxy) is 3. The van der Waals surface area contributed by atoms with Crippen molar-refractivity contribution < 1.29 is 19.0 Å². The van der Waals surface area contributed by atoms with Crippen molar-refractivity contribution in [1.29, 1.82) is 0 Å². The van der Waals surface area contributed by atoms with Crippen molar-refractivity contribution in [2.45, 2.75) is 6.54 Å². The Morgan fingerprint density at radius 3 is 2.27 bits per heavy atom. The Hall–Kier alpha value is -4.26. The molecule has 0 radical (unpaired) electrons. The van der Waals surface area contributed by atoms with E-state index in [1.165, 1.54) is 0 Å². The lowest BCUT2D eigenvalue weighted by Gasteiger charge is -2.11. The number of nitrogens with one attached hydrogen (secondary N) is 1. The fourth-order valence-corrected chi connectivity index (χ4v) is 3.56. The van der Waals surface area contributed by atoms with E-state index in [1.807, 2.05) is 72.8 Å². The number of benzene rings is 3. The van der Waals surface area contributed by atoms with Crippen LogP contribution < -0.4 is 19.5 Å². The molecule has 7 nitrogen and oxygen atoms in total. The van der Waals surface area contributed by atoms with E-state index in [0.29, 0.717) is 35.1 Å². The number of amides is 1. The van der Waals surface area contributed by atoms with Gasteiger partial charge in [-0.3, -0.25) is 4.79 Å². The predicted molar refractivity (Wildman–Crippen MR) is 126 cm³/mol. The lowest BCUT2D eigenvalue weighted by atomic mass is 10.1. The van der Waals surface area contributed by atoms with Gasteiger partial charge >= 0.3 is 0 Å². The Labute approximate surface area is 192 Å². The van der Waals surface area contributed by atoms with Crippen LogP contribution >= 0.6 is 0 Å². The number of hydrogen-bond acceptors (Lipinski definition) is 5. The van der Waals surface area contributed by atoms with Gasteiger partial charge in [0, 0.05) is 18.3 Å². The van der Waals surface area contributed by atoms with E-state index in [2.05, 4.69) is 5.32 Å². The molecule has 0 unspecified atom stereocenters. The summed E-state index contributed by atoms with van der Waals surface area (Å²) in [4.78, 5) is 13.3. The summed E-state index contributed by atoms with van der Waals surface area (Å²) in [5, 5.41) is 7.71. The van der Waals surface area contributed by atoms with Crippen molar-refractivity contribution in [2.75, 3.05) is 21.3 Å². The van der Waals surface area contributed by atoms with Gasteiger partial charge < -0.3 is 19.5 Å². The third-order valence-electron chi connectivity index (χ3n) is 5.24. The summed E-state index contributed by atoms with van der Waals surface area (Å²) in [6.07, 6.45) is 1.74. The van der Waals surface area contributed by atoms with E-state index in [-0.39, 0.29) is 5.91 Å². The molecule has 4 aromatic rings. The summed E-state index contributed by atoms with van der Waals surface area (Å²) in [5.74, 6) is 1.64. The topological polar surface area (TPSA) is 74.6 Å². The van der Waals surface area contributed by atoms with Crippen molar-refractivity contribution in [3.8, 4) is 34.2 Å². The van der Waals surface area contributed by atoms with E-state index in [1.54, 1.807) is 32.2 Å². The number of carbonyl (C=O) groups excluding carboxylic acids is 1. The molecule has 0 saturated carbocycles. The maximum absolute atomic E-state index is 13.3. The van der Waals surface area contributed by atoms with Crippen LogP contribution in [0.3, 0.4) is 0 Å². The molecule has 1 heterocycles. The standard InChI is InChI=1S/C26H25N3O4/c1-31-22-12-8-7-11-20(22)25-21(17-29(28-25)19-9-5-4-6-10-19)26(30)27-16-18-13-14-23(32-2)24(15-18)33-3/h4-15,17H,16H2,1-3H3,(H,27,30). The van der Waals surface area contributed by atoms with Gasteiger partial charge in [-0.1, -0.05) is 36.4 Å². The van der Waals surface area contributed by atoms with Crippen LogP contribution in [-0.4, -0.2) is 37.0 Å². The Balaban J connectivity index is 1.67. The predicted octanol–water partition coefficient (Wildman–Crippen LogP) is 4.50. The SMILES string of the molecule is COc1ccc(CNC(=O)c2cn(-c3ccccc3)nc2-c2ccccc2OC)cc1OC. The van der Waals surface area contributed by atoms with Crippen LogP contribution in [0, 0.1) is 0 Å². The molecule has 0 fully saturated rings. The summed E-state index contributed by atoms with van der Waals surface area (Å²) >= 11 is 0. The van der Waals surface area contributed by atoms with Gasteiger partial charge in [0.2, 0.25) is 0 Å². The van der Waals surface area contributed by atoms with E-state index in [9.17, 15) is 4.79 Å². The van der Waals surface area contributed by atoms with Gasteiger partial charge in [0.25, 0.3) is 5.91 Å². The van der Waals surface area contributed by atoms with E-state index in [0.717, 1.165) is 16.8 Å². The molecule has 1 amide bonds. The lowest BCUT2D eigenvalue weighted by molar-refractivity contribution is 0.0951. The van der Waals surface area contributed by atoms with Crippen molar-refractivity contribution in [3.05, 3.63) is 90.1 Å². The Morgan fingerprint density at radius 2 is 1.55 bits per heavy atom. The first-order valence-electron chi connectivity index (χ1n) is 10.4. The van der Waals surface area contributed by atoms with Gasteiger partial charge in [0.15, 0.2) is 11.5 Å². The third kappa shape index (κ3) is 4.67. The summed E-state index contributed by atoms with van der Waals surface area (Å²) in [6, 6.07) is 22.7. The highest BCUT2D eigenvalue weighted by molar-refractivity contribution is 6.00. The third-order valence-corrected chi connectivity index (χ3v) is 5.24. The molecular formula is C26H25N3O4. The second-order valence-corrected chi connectivity index (χ2v) is 7.24. The monoisotopic (exact) mass is 443 g/mol. The number of carbonyl (C=O) groups is 1. The normalized spacial score (nSPS) is 10.5. The van der Waals surface area contributed by atoms with E-state index >= 15 is 0 Å². The largest absolute Gasteiger partial charge is 0.496 e. The van der Waals surface area contributed by atoms with Gasteiger partial charge in [-0.05, 0) is 42.0 Å². The zero-order valence-corrected chi connectivity index (χ0v) is 18.7. The van der Waals surface area contributed by atoms with Crippen LogP contribution in [-0.2, 0) is 6.54 Å². The molecule has 33 heavy (non-hydrogen) atoms. The summed E-state index contributed by atoms with van der Waals surface area (Å²) < 4.78 is 17.9. The van der Waals surface area contributed by atoms with Gasteiger partial charge in [0.1, 0.15) is 11.4 Å². The molecule has 1 N–H and O–H groups in total. The second kappa shape index (κ2) is 9.91. The van der Waals surface area contributed by atoms with Crippen LogP contribution in [0.5, 0.6) is 17.2 Å². The second-order valence-electron chi connectivity index (χ2n) is 7.24. The van der Waals surface area contributed by atoms with Gasteiger partial charge in [-0.25, -0.2) is 4.68 Å². The Kier molecular flexibility index (Phi) is 6.59. The molecule has 4 rings (SSSR count). The molecule has 1 aromatic heterocycles. The minimum Gasteiger partial charge on any atom is -0.496 e. The van der Waals surface area contributed by atoms with E-state index < -0.39 is 0 Å². The number of aromatic nitrogens is 2.